The fourth-order valence-corrected chi connectivity index (χ4v) is 1.13. The van der Waals surface area contributed by atoms with Crippen LogP contribution < -0.4 is 5.73 Å². The first-order valence-electron chi connectivity index (χ1n) is 4.46. The van der Waals surface area contributed by atoms with Crippen molar-refractivity contribution in [3.63, 3.8) is 0 Å². The Bertz CT molecular complexity index is 297. The second-order valence-corrected chi connectivity index (χ2v) is 3.12. The molecule has 0 fully saturated rings. The first kappa shape index (κ1) is 10.4. The summed E-state index contributed by atoms with van der Waals surface area (Å²) in [5.41, 5.74) is 6.65. The number of nitrogens with two attached hydrogens (primary N) is 1. The Kier molecular flexibility index (Phi) is 3.79. The Labute approximate surface area is 83.6 Å². The molecule has 76 valence electrons. The number of guanidine groups is 1. The Balaban J connectivity index is 2.42. The number of hydrogen-bond donors (Lipinski definition) is 2. The highest BCUT2D eigenvalue weighted by Crippen LogP contribution is 2.00. The molecule has 4 heteroatoms. The van der Waals surface area contributed by atoms with Crippen molar-refractivity contribution in [1.29, 1.82) is 0 Å². The lowest BCUT2D eigenvalue weighted by Gasteiger charge is -2.16. The molecule has 0 aromatic heterocycles. The average Bonchev–Trinajstić information content (AvgIpc) is 2.26. The normalized spacial score (nSPS) is 11.4. The summed E-state index contributed by atoms with van der Waals surface area (Å²) in [4.78, 5) is 1.70. The average molecular weight is 193 g/mol. The molecule has 0 unspecified atom stereocenters. The molecule has 0 aliphatic rings. The van der Waals surface area contributed by atoms with Crippen molar-refractivity contribution in [3.8, 4) is 0 Å². The van der Waals surface area contributed by atoms with Gasteiger partial charge in [0.1, 0.15) is 0 Å². The highest BCUT2D eigenvalue weighted by molar-refractivity contribution is 5.76. The molecule has 0 saturated carbocycles. The molecule has 14 heavy (non-hydrogen) atoms. The van der Waals surface area contributed by atoms with E-state index in [2.05, 4.69) is 17.3 Å². The summed E-state index contributed by atoms with van der Waals surface area (Å²) >= 11 is 0. The van der Waals surface area contributed by atoms with E-state index in [-0.39, 0.29) is 5.96 Å². The summed E-state index contributed by atoms with van der Waals surface area (Å²) in [5.74, 6) is 0.140. The van der Waals surface area contributed by atoms with Crippen molar-refractivity contribution in [3.05, 3.63) is 35.9 Å². The molecule has 0 radical (unpaired) electrons. The van der Waals surface area contributed by atoms with Gasteiger partial charge in [-0.05, 0) is 12.0 Å². The first-order chi connectivity index (χ1) is 6.74. The quantitative estimate of drug-likeness (QED) is 0.324. The molecule has 4 nitrogen and oxygen atoms in total. The van der Waals surface area contributed by atoms with Gasteiger partial charge >= 0.3 is 0 Å². The van der Waals surface area contributed by atoms with Crippen LogP contribution in [0.1, 0.15) is 5.56 Å². The summed E-state index contributed by atoms with van der Waals surface area (Å²) in [6.45, 7) is 0.736. The Morgan fingerprint density at radius 2 is 2.07 bits per heavy atom. The van der Waals surface area contributed by atoms with Gasteiger partial charge < -0.3 is 15.8 Å². The van der Waals surface area contributed by atoms with E-state index >= 15 is 0 Å². The minimum absolute atomic E-state index is 0.140. The molecule has 1 aromatic rings. The lowest BCUT2D eigenvalue weighted by atomic mass is 10.1. The van der Waals surface area contributed by atoms with E-state index in [1.54, 1.807) is 11.9 Å². The van der Waals surface area contributed by atoms with Crippen molar-refractivity contribution < 1.29 is 5.21 Å². The number of oxime groups is 1. The Hall–Kier alpha value is -1.71. The van der Waals surface area contributed by atoms with Gasteiger partial charge in [-0.3, -0.25) is 0 Å². The van der Waals surface area contributed by atoms with Crippen LogP contribution in [0.15, 0.2) is 35.5 Å². The van der Waals surface area contributed by atoms with Gasteiger partial charge in [0.2, 0.25) is 5.96 Å². The standard InChI is InChI=1S/C10H15N3O/c1-13(10(11)12-14)8-7-9-5-3-2-4-6-9/h2-6,14H,7-8H2,1H3,(H2,11,12). The smallest absolute Gasteiger partial charge is 0.233 e. The van der Waals surface area contributed by atoms with Crippen LogP contribution in [0.25, 0.3) is 0 Å². The molecule has 3 N–H and O–H groups in total. The van der Waals surface area contributed by atoms with Crippen LogP contribution in [0.2, 0.25) is 0 Å². The molecule has 0 aliphatic heterocycles. The van der Waals surface area contributed by atoms with Gasteiger partial charge in [-0.1, -0.05) is 35.5 Å². The van der Waals surface area contributed by atoms with Crippen molar-refractivity contribution in [2.45, 2.75) is 6.42 Å². The van der Waals surface area contributed by atoms with Crippen molar-refractivity contribution in [2.24, 2.45) is 10.9 Å². The summed E-state index contributed by atoms with van der Waals surface area (Å²) < 4.78 is 0. The topological polar surface area (TPSA) is 61.8 Å². The second kappa shape index (κ2) is 5.11. The monoisotopic (exact) mass is 193 g/mol. The number of likely N-dealkylation sites (N-methyl/N-ethyl adjacent to an activating group) is 1. The molecule has 0 amide bonds. The van der Waals surface area contributed by atoms with E-state index < -0.39 is 0 Å². The number of hydrogen-bond acceptors (Lipinski definition) is 2. The number of nitrogens with zero attached hydrogens (tertiary/aromatic N) is 2. The summed E-state index contributed by atoms with van der Waals surface area (Å²) in [6.07, 6.45) is 0.882. The Morgan fingerprint density at radius 3 is 2.64 bits per heavy atom. The van der Waals surface area contributed by atoms with Crippen LogP contribution in [0.3, 0.4) is 0 Å². The first-order valence-corrected chi connectivity index (χ1v) is 4.46. The maximum atomic E-state index is 8.42. The molecule has 0 heterocycles. The van der Waals surface area contributed by atoms with Crippen LogP contribution >= 0.6 is 0 Å². The molecule has 0 spiro atoms. The highest BCUT2D eigenvalue weighted by atomic mass is 16.4. The molecular weight excluding hydrogens is 178 g/mol. The fourth-order valence-electron chi connectivity index (χ4n) is 1.13. The van der Waals surface area contributed by atoms with E-state index in [0.29, 0.717) is 0 Å². The molecule has 0 saturated heterocycles. The SMILES string of the molecule is CN(CCc1ccccc1)C(N)=NO. The van der Waals surface area contributed by atoms with E-state index in [0.717, 1.165) is 13.0 Å². The van der Waals surface area contributed by atoms with E-state index in [4.69, 9.17) is 10.9 Å². The molecular formula is C10H15N3O. The molecule has 0 bridgehead atoms. The predicted octanol–water partition coefficient (Wildman–Crippen LogP) is 0.865. The van der Waals surface area contributed by atoms with Gasteiger partial charge in [-0.2, -0.15) is 0 Å². The summed E-state index contributed by atoms with van der Waals surface area (Å²) in [6, 6.07) is 10.1. The third kappa shape index (κ3) is 2.97. The van der Waals surface area contributed by atoms with E-state index in [1.165, 1.54) is 5.56 Å². The van der Waals surface area contributed by atoms with Gasteiger partial charge in [-0.15, -0.1) is 0 Å². The van der Waals surface area contributed by atoms with Gasteiger partial charge in [0.25, 0.3) is 0 Å². The zero-order chi connectivity index (χ0) is 10.4. The zero-order valence-electron chi connectivity index (χ0n) is 8.22. The third-order valence-electron chi connectivity index (χ3n) is 2.07. The van der Waals surface area contributed by atoms with Gasteiger partial charge in [0, 0.05) is 13.6 Å². The minimum Gasteiger partial charge on any atom is -0.408 e. The largest absolute Gasteiger partial charge is 0.408 e. The highest BCUT2D eigenvalue weighted by Gasteiger charge is 2.01. The predicted molar refractivity (Wildman–Crippen MR) is 56.2 cm³/mol. The second-order valence-electron chi connectivity index (χ2n) is 3.12. The third-order valence-corrected chi connectivity index (χ3v) is 2.07. The van der Waals surface area contributed by atoms with E-state index in [1.807, 2.05) is 18.2 Å². The molecule has 0 aliphatic carbocycles. The zero-order valence-corrected chi connectivity index (χ0v) is 8.22. The lowest BCUT2D eigenvalue weighted by molar-refractivity contribution is 0.305. The van der Waals surface area contributed by atoms with Gasteiger partial charge in [-0.25, -0.2) is 0 Å². The van der Waals surface area contributed by atoms with Crippen molar-refractivity contribution >= 4 is 5.96 Å². The van der Waals surface area contributed by atoms with Gasteiger partial charge in [0.15, 0.2) is 0 Å². The maximum Gasteiger partial charge on any atom is 0.233 e. The van der Waals surface area contributed by atoms with Crippen LogP contribution in [-0.4, -0.2) is 29.7 Å². The van der Waals surface area contributed by atoms with Crippen LogP contribution in [0, 0.1) is 0 Å². The van der Waals surface area contributed by atoms with Crippen molar-refractivity contribution in [1.82, 2.24) is 4.90 Å². The summed E-state index contributed by atoms with van der Waals surface area (Å²) in [7, 11) is 1.79. The van der Waals surface area contributed by atoms with Gasteiger partial charge in [0.05, 0.1) is 0 Å². The lowest BCUT2D eigenvalue weighted by Crippen LogP contribution is -2.35. The number of rotatable bonds is 3. The molecule has 1 aromatic carbocycles. The molecule has 1 rings (SSSR count). The minimum atomic E-state index is 0.140. The fraction of sp³-hybridized carbons (Fsp3) is 0.300. The maximum absolute atomic E-state index is 8.42. The van der Waals surface area contributed by atoms with Crippen LogP contribution in [0.5, 0.6) is 0 Å². The molecule has 0 atom stereocenters. The van der Waals surface area contributed by atoms with Crippen LogP contribution in [-0.2, 0) is 6.42 Å². The van der Waals surface area contributed by atoms with Crippen molar-refractivity contribution in [2.75, 3.05) is 13.6 Å². The Morgan fingerprint density at radius 1 is 1.43 bits per heavy atom. The summed E-state index contributed by atoms with van der Waals surface area (Å²) in [5, 5.41) is 11.3. The number of benzene rings is 1. The van der Waals surface area contributed by atoms with Crippen LogP contribution in [0.4, 0.5) is 0 Å². The van der Waals surface area contributed by atoms with E-state index in [9.17, 15) is 0 Å².